The third kappa shape index (κ3) is 8.18. The lowest BCUT2D eigenvalue weighted by Gasteiger charge is -2.18. The molecule has 33 heavy (non-hydrogen) atoms. The van der Waals surface area contributed by atoms with Gasteiger partial charge in [0.05, 0.1) is 0 Å². The predicted molar refractivity (Wildman–Crippen MR) is 144 cm³/mol. The summed E-state index contributed by atoms with van der Waals surface area (Å²) in [4.78, 5) is 2.40. The highest BCUT2D eigenvalue weighted by atomic mass is 32.1. The van der Waals surface area contributed by atoms with E-state index in [1.807, 2.05) is 19.9 Å². The quantitative estimate of drug-likeness (QED) is 0.246. The summed E-state index contributed by atoms with van der Waals surface area (Å²) in [5.41, 5.74) is 5.86. The van der Waals surface area contributed by atoms with Gasteiger partial charge in [-0.1, -0.05) is 79.5 Å². The van der Waals surface area contributed by atoms with E-state index in [2.05, 4.69) is 107 Å². The molecule has 0 fully saturated rings. The summed E-state index contributed by atoms with van der Waals surface area (Å²) >= 11 is 1.73. The Bertz CT molecular complexity index is 1130. The van der Waals surface area contributed by atoms with E-state index in [9.17, 15) is 0 Å². The average molecular weight is 456 g/mol. The van der Waals surface area contributed by atoms with Crippen molar-refractivity contribution in [3.05, 3.63) is 94.2 Å². The SMILES string of the molecule is CCN(C/C=C/C#CC(C)(C)OC)Cc1cccc(/C=C/c2cccc(-c3ccsc3)c2)c1. The molecule has 0 saturated heterocycles. The van der Waals surface area contributed by atoms with Gasteiger partial charge in [0.1, 0.15) is 5.60 Å². The van der Waals surface area contributed by atoms with Crippen LogP contribution in [-0.2, 0) is 11.3 Å². The van der Waals surface area contributed by atoms with Crippen LogP contribution in [0, 0.1) is 11.8 Å². The first-order valence-electron chi connectivity index (χ1n) is 11.3. The number of ether oxygens (including phenoxy) is 1. The average Bonchev–Trinajstić information content (AvgIpc) is 3.37. The van der Waals surface area contributed by atoms with Crippen molar-refractivity contribution in [3.63, 3.8) is 0 Å². The van der Waals surface area contributed by atoms with Crippen LogP contribution >= 0.6 is 11.3 Å². The van der Waals surface area contributed by atoms with Crippen LogP contribution in [0.5, 0.6) is 0 Å². The standard InChI is InChI=1S/C30H33NOS/c1-5-31(19-8-6-7-18-30(2,3)32-4)23-27-13-9-11-25(21-27)15-16-26-12-10-14-28(22-26)29-17-20-33-24-29/h6,8-17,20-22,24H,5,19,23H2,1-4H3/b8-6+,16-15+. The summed E-state index contributed by atoms with van der Waals surface area (Å²) in [7, 11) is 1.68. The highest BCUT2D eigenvalue weighted by molar-refractivity contribution is 7.08. The van der Waals surface area contributed by atoms with Crippen molar-refractivity contribution in [2.75, 3.05) is 20.2 Å². The zero-order valence-corrected chi connectivity index (χ0v) is 20.9. The van der Waals surface area contributed by atoms with Gasteiger partial charge in [0, 0.05) is 20.2 Å². The van der Waals surface area contributed by atoms with Crippen LogP contribution < -0.4 is 0 Å². The van der Waals surface area contributed by atoms with Gasteiger partial charge in [-0.25, -0.2) is 0 Å². The molecule has 2 nitrogen and oxygen atoms in total. The lowest BCUT2D eigenvalue weighted by Crippen LogP contribution is -2.22. The molecule has 0 spiro atoms. The summed E-state index contributed by atoms with van der Waals surface area (Å²) in [6, 6.07) is 19.6. The third-order valence-corrected chi connectivity index (χ3v) is 6.15. The van der Waals surface area contributed by atoms with Gasteiger partial charge >= 0.3 is 0 Å². The molecule has 0 aliphatic rings. The molecule has 1 heterocycles. The minimum absolute atomic E-state index is 0.409. The zero-order valence-electron chi connectivity index (χ0n) is 20.0. The summed E-state index contributed by atoms with van der Waals surface area (Å²) in [6.07, 6.45) is 8.42. The number of benzene rings is 2. The first-order chi connectivity index (χ1) is 16.0. The Kier molecular flexibility index (Phi) is 9.27. The number of hydrogen-bond acceptors (Lipinski definition) is 3. The number of allylic oxidation sites excluding steroid dienone is 1. The maximum Gasteiger partial charge on any atom is 0.123 e. The number of hydrogen-bond donors (Lipinski definition) is 0. The molecule has 0 radical (unpaired) electrons. The molecule has 0 amide bonds. The topological polar surface area (TPSA) is 12.5 Å². The third-order valence-electron chi connectivity index (χ3n) is 5.46. The van der Waals surface area contributed by atoms with Crippen molar-refractivity contribution in [2.45, 2.75) is 32.9 Å². The van der Waals surface area contributed by atoms with E-state index < -0.39 is 5.60 Å². The van der Waals surface area contributed by atoms with Gasteiger partial charge in [-0.2, -0.15) is 11.3 Å². The lowest BCUT2D eigenvalue weighted by molar-refractivity contribution is 0.0742. The minimum Gasteiger partial charge on any atom is -0.366 e. The van der Waals surface area contributed by atoms with Crippen LogP contribution in [-0.4, -0.2) is 30.7 Å². The minimum atomic E-state index is -0.409. The molecule has 170 valence electrons. The van der Waals surface area contributed by atoms with Gasteiger partial charge in [-0.3, -0.25) is 4.90 Å². The first kappa shape index (κ1) is 24.7. The number of rotatable bonds is 9. The van der Waals surface area contributed by atoms with E-state index in [0.29, 0.717) is 0 Å². The molecule has 0 aliphatic carbocycles. The largest absolute Gasteiger partial charge is 0.366 e. The number of nitrogens with zero attached hydrogens (tertiary/aromatic N) is 1. The Balaban J connectivity index is 1.61. The van der Waals surface area contributed by atoms with Gasteiger partial charge in [0.2, 0.25) is 0 Å². The van der Waals surface area contributed by atoms with E-state index in [1.54, 1.807) is 18.4 Å². The summed E-state index contributed by atoms with van der Waals surface area (Å²) < 4.78 is 5.32. The van der Waals surface area contributed by atoms with Crippen LogP contribution in [0.1, 0.15) is 37.5 Å². The van der Waals surface area contributed by atoms with Crippen LogP contribution in [0.15, 0.2) is 77.5 Å². The monoisotopic (exact) mass is 455 g/mol. The van der Waals surface area contributed by atoms with Crippen LogP contribution in [0.3, 0.4) is 0 Å². The van der Waals surface area contributed by atoms with Crippen molar-refractivity contribution in [1.82, 2.24) is 4.90 Å². The van der Waals surface area contributed by atoms with Crippen molar-refractivity contribution in [1.29, 1.82) is 0 Å². The molecule has 0 unspecified atom stereocenters. The maximum atomic E-state index is 5.32. The van der Waals surface area contributed by atoms with E-state index in [1.165, 1.54) is 27.8 Å². The van der Waals surface area contributed by atoms with Crippen LogP contribution in [0.2, 0.25) is 0 Å². The molecule has 3 heteroatoms. The number of methoxy groups -OCH3 is 1. The fourth-order valence-electron chi connectivity index (χ4n) is 3.33. The lowest BCUT2D eigenvalue weighted by atomic mass is 10.0. The van der Waals surface area contributed by atoms with Gasteiger partial charge < -0.3 is 4.74 Å². The first-order valence-corrected chi connectivity index (χ1v) is 12.3. The number of likely N-dealkylation sites (N-methyl/N-ethyl adjacent to an activating group) is 1. The summed E-state index contributed by atoms with van der Waals surface area (Å²) in [5, 5.41) is 4.31. The second kappa shape index (κ2) is 12.4. The van der Waals surface area contributed by atoms with Gasteiger partial charge in [0.15, 0.2) is 0 Å². The fraction of sp³-hybridized carbons (Fsp3) is 0.267. The van der Waals surface area contributed by atoms with Crippen molar-refractivity contribution in [2.24, 2.45) is 0 Å². The van der Waals surface area contributed by atoms with E-state index in [4.69, 9.17) is 4.74 Å². The Morgan fingerprint density at radius 2 is 1.76 bits per heavy atom. The highest BCUT2D eigenvalue weighted by Gasteiger charge is 2.10. The molecule has 0 atom stereocenters. The van der Waals surface area contributed by atoms with Crippen molar-refractivity contribution in [3.8, 4) is 23.0 Å². The van der Waals surface area contributed by atoms with Crippen molar-refractivity contribution >= 4 is 23.5 Å². The van der Waals surface area contributed by atoms with Gasteiger partial charge in [-0.15, -0.1) is 0 Å². The Labute approximate surface area is 203 Å². The molecule has 3 aromatic rings. The van der Waals surface area contributed by atoms with E-state index >= 15 is 0 Å². The fourth-order valence-corrected chi connectivity index (χ4v) is 3.99. The van der Waals surface area contributed by atoms with Crippen LogP contribution in [0.25, 0.3) is 23.3 Å². The molecule has 0 aliphatic heterocycles. The molecule has 0 N–H and O–H groups in total. The molecule has 0 saturated carbocycles. The number of thiophene rings is 1. The Morgan fingerprint density at radius 3 is 2.45 bits per heavy atom. The van der Waals surface area contributed by atoms with E-state index in [0.717, 1.165) is 19.6 Å². The molecule has 2 aromatic carbocycles. The molecule has 1 aromatic heterocycles. The normalized spacial score (nSPS) is 11.9. The van der Waals surface area contributed by atoms with Gasteiger partial charge in [-0.05, 0) is 77.2 Å². The second-order valence-electron chi connectivity index (χ2n) is 8.43. The predicted octanol–water partition coefficient (Wildman–Crippen LogP) is 7.39. The van der Waals surface area contributed by atoms with E-state index in [-0.39, 0.29) is 0 Å². The molecule has 3 rings (SSSR count). The molecular weight excluding hydrogens is 422 g/mol. The smallest absolute Gasteiger partial charge is 0.123 e. The molecular formula is C30H33NOS. The zero-order chi connectivity index (χ0) is 23.5. The highest BCUT2D eigenvalue weighted by Crippen LogP contribution is 2.23. The summed E-state index contributed by atoms with van der Waals surface area (Å²) in [6.45, 7) is 8.89. The Hall–Kier alpha value is -2.90. The summed E-state index contributed by atoms with van der Waals surface area (Å²) in [5.74, 6) is 6.20. The molecule has 0 bridgehead atoms. The van der Waals surface area contributed by atoms with Crippen LogP contribution in [0.4, 0.5) is 0 Å². The second-order valence-corrected chi connectivity index (χ2v) is 9.21. The maximum absolute atomic E-state index is 5.32. The van der Waals surface area contributed by atoms with Crippen molar-refractivity contribution < 1.29 is 4.74 Å². The van der Waals surface area contributed by atoms with Gasteiger partial charge in [0.25, 0.3) is 0 Å². The Morgan fingerprint density at radius 1 is 1.00 bits per heavy atom.